The van der Waals surface area contributed by atoms with Crippen LogP contribution in [0.5, 0.6) is 0 Å². The highest BCUT2D eigenvalue weighted by atomic mass is 127. The molecule has 1 fully saturated rings. The molecular formula is C16H36IN5O2S. The topological polar surface area (TPSA) is 77.0 Å². The number of hydrogen-bond acceptors (Lipinski definition) is 4. The molecule has 150 valence electrons. The third kappa shape index (κ3) is 8.40. The molecule has 2 unspecified atom stereocenters. The summed E-state index contributed by atoms with van der Waals surface area (Å²) in [5.74, 6) is 1.37. The fourth-order valence-electron chi connectivity index (χ4n) is 3.00. The number of hydrogen-bond donors (Lipinski definition) is 2. The number of nitrogens with zero attached hydrogens (tertiary/aromatic N) is 3. The van der Waals surface area contributed by atoms with Crippen LogP contribution < -0.4 is 10.6 Å². The molecule has 0 radical (unpaired) electrons. The number of guanidine groups is 1. The number of sulfonamides is 1. The quantitative estimate of drug-likeness (QED) is 0.232. The van der Waals surface area contributed by atoms with Crippen molar-refractivity contribution in [3.63, 3.8) is 0 Å². The van der Waals surface area contributed by atoms with Gasteiger partial charge in [-0.2, -0.15) is 0 Å². The molecule has 0 aromatic carbocycles. The first-order valence-electron chi connectivity index (χ1n) is 8.85. The molecule has 0 aromatic heterocycles. The van der Waals surface area contributed by atoms with E-state index in [2.05, 4.69) is 41.3 Å². The number of rotatable bonds is 8. The minimum atomic E-state index is -3.11. The smallest absolute Gasteiger partial charge is 0.211 e. The van der Waals surface area contributed by atoms with Crippen LogP contribution in [0, 0.1) is 5.92 Å². The first-order valence-corrected chi connectivity index (χ1v) is 10.7. The predicted octanol–water partition coefficient (Wildman–Crippen LogP) is 1.17. The zero-order valence-corrected chi connectivity index (χ0v) is 19.6. The highest BCUT2D eigenvalue weighted by molar-refractivity contribution is 14.0. The zero-order valence-electron chi connectivity index (χ0n) is 16.4. The lowest BCUT2D eigenvalue weighted by Crippen LogP contribution is -2.47. The summed E-state index contributed by atoms with van der Waals surface area (Å²) in [5, 5.41) is 6.79. The van der Waals surface area contributed by atoms with Crippen molar-refractivity contribution in [2.45, 2.75) is 46.2 Å². The summed E-state index contributed by atoms with van der Waals surface area (Å²) < 4.78 is 24.6. The van der Waals surface area contributed by atoms with E-state index in [1.807, 2.05) is 6.92 Å². The van der Waals surface area contributed by atoms with Crippen molar-refractivity contribution in [1.29, 1.82) is 0 Å². The second-order valence-electron chi connectivity index (χ2n) is 6.88. The summed E-state index contributed by atoms with van der Waals surface area (Å²) >= 11 is 0. The predicted molar refractivity (Wildman–Crippen MR) is 116 cm³/mol. The standard InChI is InChI=1S/C16H35N5O2S.HI/c1-7-21(24(6,22)23)10-8-9-18-16(17-5)19-15-12-20(13(2)3)11-14(15)4;/h13-15H,7-12H2,1-6H3,(H2,17,18,19);1H. The highest BCUT2D eigenvalue weighted by Crippen LogP contribution is 2.18. The zero-order chi connectivity index (χ0) is 18.3. The minimum absolute atomic E-state index is 0. The molecule has 1 aliphatic heterocycles. The van der Waals surface area contributed by atoms with Gasteiger partial charge in [-0.3, -0.25) is 9.89 Å². The molecule has 0 aromatic rings. The Morgan fingerprint density at radius 2 is 2.00 bits per heavy atom. The Balaban J connectivity index is 0.00000576. The second kappa shape index (κ2) is 11.6. The molecule has 0 aliphatic carbocycles. The van der Waals surface area contributed by atoms with Crippen LogP contribution in [0.3, 0.4) is 0 Å². The van der Waals surface area contributed by atoms with Gasteiger partial charge in [0.25, 0.3) is 0 Å². The van der Waals surface area contributed by atoms with Gasteiger partial charge in [0, 0.05) is 51.9 Å². The Kier molecular flexibility index (Phi) is 11.5. The maximum Gasteiger partial charge on any atom is 0.211 e. The van der Waals surface area contributed by atoms with E-state index in [0.717, 1.165) is 25.5 Å². The van der Waals surface area contributed by atoms with Crippen molar-refractivity contribution in [2.24, 2.45) is 10.9 Å². The molecule has 0 saturated carbocycles. The van der Waals surface area contributed by atoms with E-state index in [9.17, 15) is 8.42 Å². The number of halogens is 1. The van der Waals surface area contributed by atoms with Gasteiger partial charge >= 0.3 is 0 Å². The van der Waals surface area contributed by atoms with Crippen molar-refractivity contribution in [1.82, 2.24) is 19.8 Å². The summed E-state index contributed by atoms with van der Waals surface area (Å²) in [6.45, 7) is 12.4. The normalized spacial score (nSPS) is 22.3. The number of aliphatic imine (C=N–C) groups is 1. The van der Waals surface area contributed by atoms with Crippen LogP contribution >= 0.6 is 24.0 Å². The van der Waals surface area contributed by atoms with Crippen molar-refractivity contribution in [2.75, 3.05) is 46.0 Å². The Bertz CT molecular complexity index is 513. The van der Waals surface area contributed by atoms with Crippen molar-refractivity contribution in [3.05, 3.63) is 0 Å². The fourth-order valence-corrected chi connectivity index (χ4v) is 3.93. The fraction of sp³-hybridized carbons (Fsp3) is 0.938. The van der Waals surface area contributed by atoms with Gasteiger partial charge < -0.3 is 10.6 Å². The summed E-state index contributed by atoms with van der Waals surface area (Å²) in [5.41, 5.74) is 0. The summed E-state index contributed by atoms with van der Waals surface area (Å²) in [7, 11) is -1.34. The van der Waals surface area contributed by atoms with Crippen molar-refractivity contribution in [3.8, 4) is 0 Å². The van der Waals surface area contributed by atoms with Gasteiger partial charge in [-0.15, -0.1) is 24.0 Å². The molecule has 1 heterocycles. The minimum Gasteiger partial charge on any atom is -0.356 e. The lowest BCUT2D eigenvalue weighted by atomic mass is 10.1. The van der Waals surface area contributed by atoms with Crippen LogP contribution in [0.15, 0.2) is 4.99 Å². The van der Waals surface area contributed by atoms with Crippen LogP contribution in [-0.2, 0) is 10.0 Å². The molecule has 2 N–H and O–H groups in total. The van der Waals surface area contributed by atoms with E-state index in [0.29, 0.717) is 37.6 Å². The van der Waals surface area contributed by atoms with Gasteiger partial charge in [0.1, 0.15) is 0 Å². The van der Waals surface area contributed by atoms with Gasteiger partial charge in [0.05, 0.1) is 6.26 Å². The Labute approximate surface area is 171 Å². The molecule has 9 heteroatoms. The number of nitrogens with one attached hydrogen (secondary N) is 2. The average Bonchev–Trinajstić information content (AvgIpc) is 2.86. The van der Waals surface area contributed by atoms with Crippen LogP contribution in [0.4, 0.5) is 0 Å². The van der Waals surface area contributed by atoms with E-state index in [-0.39, 0.29) is 24.0 Å². The molecular weight excluding hydrogens is 453 g/mol. The molecule has 0 spiro atoms. The monoisotopic (exact) mass is 489 g/mol. The third-order valence-electron chi connectivity index (χ3n) is 4.62. The van der Waals surface area contributed by atoms with Crippen LogP contribution in [0.1, 0.15) is 34.1 Å². The van der Waals surface area contributed by atoms with Crippen LogP contribution in [0.25, 0.3) is 0 Å². The summed E-state index contributed by atoms with van der Waals surface area (Å²) in [4.78, 5) is 6.76. The van der Waals surface area contributed by atoms with E-state index in [1.54, 1.807) is 7.05 Å². The Morgan fingerprint density at radius 3 is 2.44 bits per heavy atom. The van der Waals surface area contributed by atoms with Gasteiger partial charge in [-0.05, 0) is 26.2 Å². The Morgan fingerprint density at radius 1 is 1.36 bits per heavy atom. The van der Waals surface area contributed by atoms with Gasteiger partial charge in [0.15, 0.2) is 5.96 Å². The third-order valence-corrected chi connectivity index (χ3v) is 5.99. The molecule has 0 bridgehead atoms. The van der Waals surface area contributed by atoms with E-state index in [1.165, 1.54) is 10.6 Å². The molecule has 1 saturated heterocycles. The van der Waals surface area contributed by atoms with Gasteiger partial charge in [-0.25, -0.2) is 12.7 Å². The lowest BCUT2D eigenvalue weighted by Gasteiger charge is -2.22. The Hall–Kier alpha value is -0.130. The maximum atomic E-state index is 11.6. The highest BCUT2D eigenvalue weighted by Gasteiger charge is 2.31. The second-order valence-corrected chi connectivity index (χ2v) is 8.87. The molecule has 2 atom stereocenters. The van der Waals surface area contributed by atoms with E-state index in [4.69, 9.17) is 0 Å². The SMILES string of the molecule is CCN(CCCNC(=NC)NC1CN(C(C)C)CC1C)S(C)(=O)=O.I. The van der Waals surface area contributed by atoms with Gasteiger partial charge in [0.2, 0.25) is 10.0 Å². The van der Waals surface area contributed by atoms with Crippen LogP contribution in [-0.4, -0.2) is 81.7 Å². The number of likely N-dealkylation sites (tertiary alicyclic amines) is 1. The van der Waals surface area contributed by atoms with Crippen molar-refractivity contribution >= 4 is 40.0 Å². The molecule has 1 aliphatic rings. The van der Waals surface area contributed by atoms with Crippen molar-refractivity contribution < 1.29 is 8.42 Å². The van der Waals surface area contributed by atoms with Gasteiger partial charge in [-0.1, -0.05) is 13.8 Å². The van der Waals surface area contributed by atoms with E-state index < -0.39 is 10.0 Å². The maximum absolute atomic E-state index is 11.6. The summed E-state index contributed by atoms with van der Waals surface area (Å²) in [6, 6.07) is 0.951. The largest absolute Gasteiger partial charge is 0.356 e. The average molecular weight is 489 g/mol. The van der Waals surface area contributed by atoms with E-state index >= 15 is 0 Å². The van der Waals surface area contributed by atoms with Crippen LogP contribution in [0.2, 0.25) is 0 Å². The first-order chi connectivity index (χ1) is 11.2. The lowest BCUT2D eigenvalue weighted by molar-refractivity contribution is 0.265. The summed E-state index contributed by atoms with van der Waals surface area (Å²) in [6.07, 6.45) is 2.01. The molecule has 0 amide bonds. The molecule has 25 heavy (non-hydrogen) atoms. The first kappa shape index (κ1) is 24.9. The molecule has 7 nitrogen and oxygen atoms in total. The molecule has 1 rings (SSSR count).